The third kappa shape index (κ3) is 5.01. The van der Waals surface area contributed by atoms with Crippen LogP contribution in [0.5, 0.6) is 0 Å². The third-order valence-electron chi connectivity index (χ3n) is 12.4. The van der Waals surface area contributed by atoms with E-state index in [2.05, 4.69) is 205 Å². The molecule has 0 atom stereocenters. The van der Waals surface area contributed by atoms with Crippen LogP contribution in [-0.2, 0) is 5.41 Å². The lowest BCUT2D eigenvalue weighted by atomic mass is 9.82. The highest BCUT2D eigenvalue weighted by atomic mass is 15.2. The second-order valence-electron chi connectivity index (χ2n) is 16.1. The smallest absolute Gasteiger partial charge is 0.238 e. The van der Waals surface area contributed by atoms with Crippen molar-refractivity contribution in [3.63, 3.8) is 0 Å². The lowest BCUT2D eigenvalue weighted by molar-refractivity contribution is 0.661. The third-order valence-corrected chi connectivity index (χ3v) is 12.4. The molecule has 12 rings (SSSR count). The fourth-order valence-electron chi connectivity index (χ4n) is 9.57. The summed E-state index contributed by atoms with van der Waals surface area (Å²) < 4.78 is 4.62. The predicted molar refractivity (Wildman–Crippen MR) is 242 cm³/mol. The number of para-hydroxylation sites is 3. The van der Waals surface area contributed by atoms with Gasteiger partial charge in [-0.3, -0.25) is 4.57 Å². The normalized spacial score (nSPS) is 13.1. The topological polar surface area (TPSA) is 48.5 Å². The van der Waals surface area contributed by atoms with Crippen molar-refractivity contribution in [2.24, 2.45) is 0 Å². The molecule has 3 heterocycles. The zero-order valence-corrected chi connectivity index (χ0v) is 32.6. The molecular formula is C54H37N5. The minimum atomic E-state index is -0.0996. The number of hydrogen-bond donors (Lipinski definition) is 0. The summed E-state index contributed by atoms with van der Waals surface area (Å²) in [4.78, 5) is 15.6. The van der Waals surface area contributed by atoms with E-state index in [4.69, 9.17) is 15.0 Å². The van der Waals surface area contributed by atoms with Gasteiger partial charge in [-0.25, -0.2) is 4.98 Å². The molecule has 8 aromatic carbocycles. The first kappa shape index (κ1) is 33.5. The van der Waals surface area contributed by atoms with Gasteiger partial charge in [-0.2, -0.15) is 9.97 Å². The maximum Gasteiger partial charge on any atom is 0.238 e. The summed E-state index contributed by atoms with van der Waals surface area (Å²) in [6.45, 7) is 4.69. The molecular weight excluding hydrogens is 719 g/mol. The van der Waals surface area contributed by atoms with Crippen molar-refractivity contribution in [2.75, 3.05) is 0 Å². The molecule has 0 radical (unpaired) electrons. The molecule has 59 heavy (non-hydrogen) atoms. The van der Waals surface area contributed by atoms with Crippen molar-refractivity contribution >= 4 is 43.6 Å². The average Bonchev–Trinajstić information content (AvgIpc) is 3.90. The van der Waals surface area contributed by atoms with Crippen LogP contribution in [0, 0.1) is 0 Å². The molecule has 278 valence electrons. The van der Waals surface area contributed by atoms with Crippen LogP contribution in [0.4, 0.5) is 0 Å². The lowest BCUT2D eigenvalue weighted by Crippen LogP contribution is -2.14. The Morgan fingerprint density at radius 1 is 0.373 bits per heavy atom. The SMILES string of the molecule is CC1(C)c2ccccc2-c2c1ccc1c3ccccc3n(-c3ccc(-c4nc(-c5ccc(-c6ccccc6)cc5)nc(-n5c6ccccc6c6ccccc65)n4)cc3)c21. The van der Waals surface area contributed by atoms with E-state index < -0.39 is 0 Å². The van der Waals surface area contributed by atoms with Crippen molar-refractivity contribution in [1.82, 2.24) is 24.1 Å². The summed E-state index contributed by atoms with van der Waals surface area (Å²) in [5, 5.41) is 4.82. The van der Waals surface area contributed by atoms with Gasteiger partial charge in [0, 0.05) is 49.3 Å². The van der Waals surface area contributed by atoms with E-state index in [1.54, 1.807) is 0 Å². The number of nitrogens with zero attached hydrogens (tertiary/aromatic N) is 5. The molecule has 1 aliphatic rings. The van der Waals surface area contributed by atoms with Gasteiger partial charge in [0.1, 0.15) is 0 Å². The van der Waals surface area contributed by atoms with E-state index >= 15 is 0 Å². The molecule has 11 aromatic rings. The van der Waals surface area contributed by atoms with Crippen molar-refractivity contribution in [3.8, 4) is 56.7 Å². The van der Waals surface area contributed by atoms with Crippen LogP contribution in [0.3, 0.4) is 0 Å². The fourth-order valence-corrected chi connectivity index (χ4v) is 9.57. The van der Waals surface area contributed by atoms with E-state index in [-0.39, 0.29) is 5.41 Å². The second-order valence-corrected chi connectivity index (χ2v) is 16.1. The monoisotopic (exact) mass is 755 g/mol. The second kappa shape index (κ2) is 12.7. The van der Waals surface area contributed by atoms with Crippen LogP contribution < -0.4 is 0 Å². The fraction of sp³-hybridized carbons (Fsp3) is 0.0556. The van der Waals surface area contributed by atoms with Crippen molar-refractivity contribution in [1.29, 1.82) is 0 Å². The van der Waals surface area contributed by atoms with E-state index in [0.29, 0.717) is 17.6 Å². The van der Waals surface area contributed by atoms with Gasteiger partial charge in [0.2, 0.25) is 5.95 Å². The van der Waals surface area contributed by atoms with Crippen LogP contribution in [0.15, 0.2) is 188 Å². The van der Waals surface area contributed by atoms with Crippen LogP contribution in [0.1, 0.15) is 25.0 Å². The van der Waals surface area contributed by atoms with Crippen molar-refractivity contribution in [3.05, 3.63) is 199 Å². The lowest BCUT2D eigenvalue weighted by Gasteiger charge is -2.21. The highest BCUT2D eigenvalue weighted by Crippen LogP contribution is 2.52. The van der Waals surface area contributed by atoms with Gasteiger partial charge in [-0.15, -0.1) is 0 Å². The first-order valence-corrected chi connectivity index (χ1v) is 20.2. The van der Waals surface area contributed by atoms with E-state index in [1.165, 1.54) is 49.6 Å². The molecule has 1 aliphatic carbocycles. The summed E-state index contributed by atoms with van der Waals surface area (Å²) in [6, 6.07) is 67.0. The molecule has 0 aliphatic heterocycles. The molecule has 0 saturated heterocycles. The molecule has 5 heteroatoms. The largest absolute Gasteiger partial charge is 0.309 e. The number of aromatic nitrogens is 5. The van der Waals surface area contributed by atoms with Crippen molar-refractivity contribution in [2.45, 2.75) is 19.3 Å². The quantitative estimate of drug-likeness (QED) is 0.176. The zero-order chi connectivity index (χ0) is 39.2. The van der Waals surface area contributed by atoms with Crippen LogP contribution in [0.2, 0.25) is 0 Å². The zero-order valence-electron chi connectivity index (χ0n) is 32.6. The molecule has 0 spiro atoms. The molecule has 0 unspecified atom stereocenters. The number of rotatable bonds is 5. The van der Waals surface area contributed by atoms with Gasteiger partial charge in [0.05, 0.1) is 22.1 Å². The Labute approximate surface area is 341 Å². The molecule has 0 amide bonds. The summed E-state index contributed by atoms with van der Waals surface area (Å²) >= 11 is 0. The highest BCUT2D eigenvalue weighted by molar-refractivity contribution is 6.15. The molecule has 0 saturated carbocycles. The van der Waals surface area contributed by atoms with E-state index in [1.807, 2.05) is 6.07 Å². The Kier molecular flexibility index (Phi) is 7.20. The maximum absolute atomic E-state index is 5.25. The summed E-state index contributed by atoms with van der Waals surface area (Å²) in [6.07, 6.45) is 0. The first-order chi connectivity index (χ1) is 29.0. The average molecular weight is 756 g/mol. The van der Waals surface area contributed by atoms with Gasteiger partial charge < -0.3 is 4.57 Å². The van der Waals surface area contributed by atoms with Crippen LogP contribution in [0.25, 0.3) is 100 Å². The van der Waals surface area contributed by atoms with Gasteiger partial charge >= 0.3 is 0 Å². The van der Waals surface area contributed by atoms with Gasteiger partial charge in [-0.05, 0) is 70.3 Å². The van der Waals surface area contributed by atoms with Gasteiger partial charge in [0.15, 0.2) is 11.6 Å². The van der Waals surface area contributed by atoms with E-state index in [9.17, 15) is 0 Å². The molecule has 0 fully saturated rings. The summed E-state index contributed by atoms with van der Waals surface area (Å²) in [5.74, 6) is 1.82. The summed E-state index contributed by atoms with van der Waals surface area (Å²) in [5.41, 5.74) is 15.0. The molecule has 3 aromatic heterocycles. The minimum absolute atomic E-state index is 0.0996. The maximum atomic E-state index is 5.25. The number of hydrogen-bond acceptors (Lipinski definition) is 3. The van der Waals surface area contributed by atoms with Gasteiger partial charge in [0.25, 0.3) is 0 Å². The Hall–Kier alpha value is -7.63. The van der Waals surface area contributed by atoms with Crippen molar-refractivity contribution < 1.29 is 0 Å². The predicted octanol–water partition coefficient (Wildman–Crippen LogP) is 13.4. The molecule has 0 N–H and O–H groups in total. The highest BCUT2D eigenvalue weighted by Gasteiger charge is 2.37. The molecule has 5 nitrogen and oxygen atoms in total. The Morgan fingerprint density at radius 3 is 1.51 bits per heavy atom. The van der Waals surface area contributed by atoms with Crippen LogP contribution >= 0.6 is 0 Å². The Bertz CT molecular complexity index is 3390. The number of fused-ring (bicyclic) bond motifs is 10. The summed E-state index contributed by atoms with van der Waals surface area (Å²) in [7, 11) is 0. The standard InChI is InChI=1S/C54H37N5/c1-54(2)44-20-10-6-19-43(44)49-45(54)33-32-42-41-18-9-11-21-46(41)58(50(42)49)38-30-28-37(29-31-38)52-55-51(36-26-24-35(25-27-36)34-14-4-3-5-15-34)56-53(57-52)59-47-22-12-7-16-39(47)40-17-8-13-23-48(40)59/h3-33H,1-2H3. The van der Waals surface area contributed by atoms with E-state index in [0.717, 1.165) is 44.2 Å². The van der Waals surface area contributed by atoms with Gasteiger partial charge in [-0.1, -0.05) is 159 Å². The molecule has 0 bridgehead atoms. The first-order valence-electron chi connectivity index (χ1n) is 20.2. The number of benzene rings is 8. The Morgan fingerprint density at radius 2 is 0.864 bits per heavy atom. The Balaban J connectivity index is 1.05. The van der Waals surface area contributed by atoms with Crippen LogP contribution in [-0.4, -0.2) is 24.1 Å². The minimum Gasteiger partial charge on any atom is -0.309 e.